The van der Waals surface area contributed by atoms with Crippen molar-refractivity contribution in [2.24, 2.45) is 11.7 Å². The van der Waals surface area contributed by atoms with Gasteiger partial charge < -0.3 is 5.73 Å². The molecule has 1 saturated carbocycles. The second-order valence-electron chi connectivity index (χ2n) is 2.94. The van der Waals surface area contributed by atoms with E-state index in [0.717, 1.165) is 11.8 Å². The number of rotatable bonds is 1. The van der Waals surface area contributed by atoms with Crippen molar-refractivity contribution >= 4 is 11.6 Å². The number of halogens is 1. The summed E-state index contributed by atoms with van der Waals surface area (Å²) >= 11 is 5.69. The summed E-state index contributed by atoms with van der Waals surface area (Å²) in [4.78, 5) is 0. The summed E-state index contributed by atoms with van der Waals surface area (Å²) in [6, 6.07) is 0.462. The van der Waals surface area contributed by atoms with E-state index >= 15 is 0 Å². The molecule has 0 aromatic heterocycles. The van der Waals surface area contributed by atoms with Gasteiger partial charge in [-0.15, -0.1) is 11.6 Å². The van der Waals surface area contributed by atoms with Gasteiger partial charge in [0.05, 0.1) is 0 Å². The van der Waals surface area contributed by atoms with Crippen molar-refractivity contribution in [2.45, 2.75) is 31.7 Å². The third kappa shape index (κ3) is 2.15. The second kappa shape index (κ2) is 3.43. The summed E-state index contributed by atoms with van der Waals surface area (Å²) in [5.74, 6) is 1.58. The van der Waals surface area contributed by atoms with Gasteiger partial charge in [0, 0.05) is 11.9 Å². The van der Waals surface area contributed by atoms with Crippen LogP contribution >= 0.6 is 11.6 Å². The number of nitrogens with two attached hydrogens (primary N) is 1. The first-order chi connectivity index (χ1) is 4.33. The highest BCUT2D eigenvalue weighted by Crippen LogP contribution is 2.23. The lowest BCUT2D eigenvalue weighted by Gasteiger charge is -2.23. The van der Waals surface area contributed by atoms with Crippen molar-refractivity contribution in [1.29, 1.82) is 0 Å². The van der Waals surface area contributed by atoms with Crippen LogP contribution in [0.3, 0.4) is 0 Å². The van der Waals surface area contributed by atoms with Crippen LogP contribution in [-0.4, -0.2) is 11.9 Å². The molecule has 0 unspecified atom stereocenters. The average Bonchev–Trinajstić information content (AvgIpc) is 1.90. The van der Waals surface area contributed by atoms with Crippen LogP contribution in [0.15, 0.2) is 0 Å². The van der Waals surface area contributed by atoms with E-state index < -0.39 is 0 Å². The van der Waals surface area contributed by atoms with Crippen molar-refractivity contribution in [3.8, 4) is 0 Å². The van der Waals surface area contributed by atoms with Crippen molar-refractivity contribution in [3.05, 3.63) is 0 Å². The Labute approximate surface area is 61.6 Å². The van der Waals surface area contributed by atoms with Gasteiger partial charge in [-0.1, -0.05) is 0 Å². The quantitative estimate of drug-likeness (QED) is 0.562. The molecule has 0 aromatic rings. The van der Waals surface area contributed by atoms with E-state index in [4.69, 9.17) is 17.3 Å². The standard InChI is InChI=1S/C7H14ClN/c8-5-6-1-3-7(9)4-2-6/h6-7H,1-5,9H2. The zero-order valence-electron chi connectivity index (χ0n) is 5.65. The molecule has 1 fully saturated rings. The van der Waals surface area contributed by atoms with Gasteiger partial charge in [0.25, 0.3) is 0 Å². The van der Waals surface area contributed by atoms with E-state index in [1.807, 2.05) is 0 Å². The molecular formula is C7H14ClN. The highest BCUT2D eigenvalue weighted by molar-refractivity contribution is 6.18. The highest BCUT2D eigenvalue weighted by atomic mass is 35.5. The number of hydrogen-bond acceptors (Lipinski definition) is 1. The zero-order valence-corrected chi connectivity index (χ0v) is 6.40. The Bertz CT molecular complexity index is 77.0. The molecule has 54 valence electrons. The van der Waals surface area contributed by atoms with Gasteiger partial charge in [0.1, 0.15) is 0 Å². The molecule has 0 amide bonds. The van der Waals surface area contributed by atoms with Crippen LogP contribution in [0.4, 0.5) is 0 Å². The second-order valence-corrected chi connectivity index (χ2v) is 3.24. The first kappa shape index (κ1) is 7.36. The minimum absolute atomic E-state index is 0.462. The zero-order chi connectivity index (χ0) is 6.69. The van der Waals surface area contributed by atoms with Crippen LogP contribution in [0.5, 0.6) is 0 Å². The molecule has 2 heteroatoms. The monoisotopic (exact) mass is 147 g/mol. The summed E-state index contributed by atoms with van der Waals surface area (Å²) < 4.78 is 0. The van der Waals surface area contributed by atoms with Crippen LogP contribution in [0.2, 0.25) is 0 Å². The first-order valence-corrected chi connectivity index (χ1v) is 4.18. The van der Waals surface area contributed by atoms with E-state index in [9.17, 15) is 0 Å². The molecule has 0 saturated heterocycles. The third-order valence-corrected chi connectivity index (χ3v) is 2.55. The van der Waals surface area contributed by atoms with Crippen LogP contribution in [0.1, 0.15) is 25.7 Å². The Balaban J connectivity index is 2.18. The molecule has 0 bridgehead atoms. The van der Waals surface area contributed by atoms with Crippen LogP contribution in [0.25, 0.3) is 0 Å². The molecular weight excluding hydrogens is 134 g/mol. The fraction of sp³-hybridized carbons (Fsp3) is 1.00. The predicted octanol–water partition coefficient (Wildman–Crippen LogP) is 1.74. The van der Waals surface area contributed by atoms with E-state index in [1.165, 1.54) is 25.7 Å². The molecule has 1 aliphatic rings. The minimum atomic E-state index is 0.462. The van der Waals surface area contributed by atoms with Gasteiger partial charge >= 0.3 is 0 Å². The van der Waals surface area contributed by atoms with Gasteiger partial charge in [0.2, 0.25) is 0 Å². The molecule has 0 atom stereocenters. The van der Waals surface area contributed by atoms with Gasteiger partial charge in [-0.05, 0) is 31.6 Å². The molecule has 1 rings (SSSR count). The fourth-order valence-corrected chi connectivity index (χ4v) is 1.65. The van der Waals surface area contributed by atoms with Crippen molar-refractivity contribution < 1.29 is 0 Å². The minimum Gasteiger partial charge on any atom is -0.328 e. The van der Waals surface area contributed by atoms with Gasteiger partial charge in [0.15, 0.2) is 0 Å². The van der Waals surface area contributed by atoms with Gasteiger partial charge in [-0.25, -0.2) is 0 Å². The predicted molar refractivity (Wildman–Crippen MR) is 40.7 cm³/mol. The van der Waals surface area contributed by atoms with Crippen molar-refractivity contribution in [3.63, 3.8) is 0 Å². The number of hydrogen-bond donors (Lipinski definition) is 1. The maximum absolute atomic E-state index is 5.71. The van der Waals surface area contributed by atoms with E-state index in [-0.39, 0.29) is 0 Å². The summed E-state index contributed by atoms with van der Waals surface area (Å²) in [5.41, 5.74) is 5.71. The SMILES string of the molecule is NC1CCC(CCl)CC1. The highest BCUT2D eigenvalue weighted by Gasteiger charge is 2.16. The molecule has 0 heterocycles. The van der Waals surface area contributed by atoms with Crippen LogP contribution in [0, 0.1) is 5.92 Å². The lowest BCUT2D eigenvalue weighted by atomic mass is 9.88. The molecule has 0 aromatic carbocycles. The first-order valence-electron chi connectivity index (χ1n) is 3.64. The molecule has 2 N–H and O–H groups in total. The topological polar surface area (TPSA) is 26.0 Å². The third-order valence-electron chi connectivity index (χ3n) is 2.11. The van der Waals surface area contributed by atoms with E-state index in [1.54, 1.807) is 0 Å². The maximum atomic E-state index is 5.71. The molecule has 1 aliphatic carbocycles. The van der Waals surface area contributed by atoms with Gasteiger partial charge in [-0.3, -0.25) is 0 Å². The van der Waals surface area contributed by atoms with Crippen LogP contribution < -0.4 is 5.73 Å². The Morgan fingerprint density at radius 1 is 1.22 bits per heavy atom. The summed E-state index contributed by atoms with van der Waals surface area (Å²) in [6.07, 6.45) is 4.84. The van der Waals surface area contributed by atoms with Crippen LogP contribution in [-0.2, 0) is 0 Å². The lowest BCUT2D eigenvalue weighted by molar-refractivity contribution is 0.351. The van der Waals surface area contributed by atoms with Gasteiger partial charge in [-0.2, -0.15) is 0 Å². The smallest absolute Gasteiger partial charge is 0.0251 e. The molecule has 0 radical (unpaired) electrons. The van der Waals surface area contributed by atoms with Crippen molar-refractivity contribution in [2.75, 3.05) is 5.88 Å². The molecule has 0 aliphatic heterocycles. The van der Waals surface area contributed by atoms with Crippen molar-refractivity contribution in [1.82, 2.24) is 0 Å². The lowest BCUT2D eigenvalue weighted by Crippen LogP contribution is -2.26. The Morgan fingerprint density at radius 2 is 1.78 bits per heavy atom. The number of alkyl halides is 1. The Morgan fingerprint density at radius 3 is 2.22 bits per heavy atom. The maximum Gasteiger partial charge on any atom is 0.0251 e. The summed E-state index contributed by atoms with van der Waals surface area (Å²) in [5, 5.41) is 0. The Kier molecular flexibility index (Phi) is 2.80. The largest absolute Gasteiger partial charge is 0.328 e. The fourth-order valence-electron chi connectivity index (χ4n) is 1.34. The van der Waals surface area contributed by atoms with E-state index in [2.05, 4.69) is 0 Å². The summed E-state index contributed by atoms with van der Waals surface area (Å²) in [7, 11) is 0. The molecule has 1 nitrogen and oxygen atoms in total. The molecule has 0 spiro atoms. The summed E-state index contributed by atoms with van der Waals surface area (Å²) in [6.45, 7) is 0. The Hall–Kier alpha value is 0.250. The molecule has 9 heavy (non-hydrogen) atoms. The van der Waals surface area contributed by atoms with E-state index in [0.29, 0.717) is 6.04 Å². The average molecular weight is 148 g/mol. The normalized spacial score (nSPS) is 36.7.